The minimum Gasteiger partial charge on any atom is -0.863 e. The Morgan fingerprint density at radius 3 is 1.92 bits per heavy atom. The van der Waals surface area contributed by atoms with Crippen LogP contribution in [0.1, 0.15) is 51.3 Å². The van der Waals surface area contributed by atoms with Gasteiger partial charge in [-0.25, -0.2) is 0 Å². The van der Waals surface area contributed by atoms with E-state index in [0.717, 1.165) is 43.6 Å². The maximum Gasteiger partial charge on any atom is 0.285 e. The highest BCUT2D eigenvalue weighted by atomic mass is 16.6. The van der Waals surface area contributed by atoms with Crippen LogP contribution in [0.5, 0.6) is 5.75 Å². The molecule has 0 radical (unpaired) electrons. The number of nitro benzene ring substituents is 3. The molecule has 0 aliphatic carbocycles. The average Bonchev–Trinajstić information content (AvgIpc) is 3.13. The maximum atomic E-state index is 12.5. The van der Waals surface area contributed by atoms with Gasteiger partial charge in [0.25, 0.3) is 23.0 Å². The lowest BCUT2D eigenvalue weighted by molar-refractivity contribution is -0.912. The van der Waals surface area contributed by atoms with Crippen LogP contribution in [-0.4, -0.2) is 45.0 Å². The number of hydrogen-bond donors (Lipinski definition) is 2. The van der Waals surface area contributed by atoms with E-state index in [2.05, 4.69) is 31.2 Å². The van der Waals surface area contributed by atoms with Crippen molar-refractivity contribution in [1.29, 1.82) is 0 Å². The average molecular weight is 511 g/mol. The molecule has 1 atom stereocenters. The molecule has 0 saturated heterocycles. The summed E-state index contributed by atoms with van der Waals surface area (Å²) in [4.78, 5) is 41.3. The number of amides is 1. The monoisotopic (exact) mass is 510 g/mol. The van der Waals surface area contributed by atoms with Crippen LogP contribution in [0, 0.1) is 44.2 Å². The summed E-state index contributed by atoms with van der Waals surface area (Å²) in [6.07, 6.45) is 3.08. The predicted molar refractivity (Wildman–Crippen MR) is 126 cm³/mol. The topological polar surface area (TPSA) is 212 Å². The fourth-order valence-electron chi connectivity index (χ4n) is 3.36. The van der Waals surface area contributed by atoms with Crippen LogP contribution < -0.4 is 15.3 Å². The molecule has 1 amide bonds. The van der Waals surface area contributed by atoms with E-state index in [1.54, 1.807) is 0 Å². The molecule has 1 aromatic carbocycles. The van der Waals surface area contributed by atoms with Crippen molar-refractivity contribution in [2.45, 2.75) is 59.9 Å². The lowest BCUT2D eigenvalue weighted by atomic mass is 10.1. The first-order valence-corrected chi connectivity index (χ1v) is 11.3. The van der Waals surface area contributed by atoms with Crippen molar-refractivity contribution < 1.29 is 34.1 Å². The number of non-ortho nitro benzene ring substituents is 1. The highest BCUT2D eigenvalue weighted by molar-refractivity contribution is 5.93. The molecule has 0 bridgehead atoms. The largest absolute Gasteiger partial charge is 0.863 e. The van der Waals surface area contributed by atoms with Crippen LogP contribution in [0.3, 0.4) is 0 Å². The van der Waals surface area contributed by atoms with Gasteiger partial charge in [0.15, 0.2) is 6.04 Å². The third-order valence-corrected chi connectivity index (χ3v) is 5.60. The number of nitro groups is 3. The molecular weight excluding hydrogens is 480 g/mol. The number of unbranched alkanes of at least 4 members (excludes halogenated alkanes) is 1. The number of carbonyl (C=O) groups excluding carboxylic acids is 1. The quantitative estimate of drug-likeness (QED) is 0.332. The maximum absolute atomic E-state index is 12.5. The Labute approximate surface area is 206 Å². The summed E-state index contributed by atoms with van der Waals surface area (Å²) in [5, 5.41) is 48.9. The Hall–Kier alpha value is -4.14. The molecule has 2 rings (SSSR count). The first kappa shape index (κ1) is 29.9. The van der Waals surface area contributed by atoms with Crippen LogP contribution in [0.4, 0.5) is 22.9 Å². The normalized spacial score (nSPS) is 11.4. The predicted octanol–water partition coefficient (Wildman–Crippen LogP) is 2.20. The molecule has 0 fully saturated rings. The van der Waals surface area contributed by atoms with E-state index in [-0.39, 0.29) is 11.9 Å². The summed E-state index contributed by atoms with van der Waals surface area (Å²) in [5.41, 5.74) is -1.54. The molecule has 15 nitrogen and oxygen atoms in total. The van der Waals surface area contributed by atoms with Gasteiger partial charge in [0.1, 0.15) is 0 Å². The van der Waals surface area contributed by atoms with Crippen LogP contribution in [0.2, 0.25) is 0 Å². The van der Waals surface area contributed by atoms with Gasteiger partial charge in [-0.2, -0.15) is 0 Å². The molecule has 2 N–H and O–H groups in total. The molecule has 2 aromatic rings. The Morgan fingerprint density at radius 2 is 1.56 bits per heavy atom. The summed E-state index contributed by atoms with van der Waals surface area (Å²) < 4.78 is 5.18. The Morgan fingerprint density at radius 1 is 1.03 bits per heavy atom. The number of carbonyl (C=O) groups is 1. The van der Waals surface area contributed by atoms with E-state index in [1.165, 1.54) is 4.90 Å². The van der Waals surface area contributed by atoms with Crippen molar-refractivity contribution in [3.8, 4) is 5.75 Å². The molecule has 0 aliphatic rings. The van der Waals surface area contributed by atoms with Crippen LogP contribution in [0.25, 0.3) is 0 Å². The second kappa shape index (κ2) is 13.7. The van der Waals surface area contributed by atoms with Gasteiger partial charge in [0.05, 0.1) is 51.4 Å². The van der Waals surface area contributed by atoms with E-state index < -0.39 is 37.6 Å². The van der Waals surface area contributed by atoms with Crippen molar-refractivity contribution in [2.75, 3.05) is 18.4 Å². The summed E-state index contributed by atoms with van der Waals surface area (Å²) >= 11 is 0. The molecule has 1 unspecified atom stereocenters. The van der Waals surface area contributed by atoms with E-state index in [0.29, 0.717) is 18.0 Å². The molecule has 36 heavy (non-hydrogen) atoms. The molecular formula is C21H30N6O9. The SMILES string of the molecule is CCCCC(C(=O)Nc1onc(C)c1C)[NH+](CC)CC.O=[N+]([O-])c1cc([N+](=O)[O-])c([O-])c([N+](=O)[O-])c1. The number of rotatable bonds is 11. The number of hydrogen-bond acceptors (Lipinski definition) is 10. The number of aryl methyl sites for hydroxylation is 1. The van der Waals surface area contributed by atoms with Crippen molar-refractivity contribution in [3.05, 3.63) is 53.7 Å². The van der Waals surface area contributed by atoms with Crippen LogP contribution >= 0.6 is 0 Å². The van der Waals surface area contributed by atoms with Crippen LogP contribution in [0.15, 0.2) is 16.7 Å². The third kappa shape index (κ3) is 7.69. The van der Waals surface area contributed by atoms with Gasteiger partial charge in [-0.1, -0.05) is 18.5 Å². The van der Waals surface area contributed by atoms with Gasteiger partial charge in [-0.3, -0.25) is 40.5 Å². The zero-order valence-electron chi connectivity index (χ0n) is 20.7. The summed E-state index contributed by atoms with van der Waals surface area (Å²) in [7, 11) is 0. The lowest BCUT2D eigenvalue weighted by Gasteiger charge is -2.25. The number of likely N-dealkylation sites (N-methyl/N-ethyl adjacent to an activating group) is 1. The number of nitrogens with one attached hydrogen (secondary N) is 2. The number of aromatic nitrogens is 1. The minimum atomic E-state index is -1.46. The van der Waals surface area contributed by atoms with Crippen LogP contribution in [-0.2, 0) is 4.79 Å². The fraction of sp³-hybridized carbons (Fsp3) is 0.524. The molecule has 1 heterocycles. The standard InChI is InChI=1S/C15H27N3O2.C6H3N3O7/c1-6-9-10-13(18(7-2)8-3)14(19)16-15-11(4)12(5)17-20-15;10-6-4(8(13)14)1-3(7(11)12)2-5(6)9(15)16/h13H,6-10H2,1-5H3,(H,16,19);1-2,10H. The molecule has 198 valence electrons. The molecule has 0 saturated carbocycles. The van der Waals surface area contributed by atoms with Gasteiger partial charge in [0.2, 0.25) is 5.88 Å². The molecule has 0 spiro atoms. The molecule has 15 heteroatoms. The van der Waals surface area contributed by atoms with Gasteiger partial charge in [-0.05, 0) is 34.1 Å². The summed E-state index contributed by atoms with van der Waals surface area (Å²) in [5.74, 6) is -0.933. The fourth-order valence-corrected chi connectivity index (χ4v) is 3.36. The number of nitrogens with zero attached hydrogens (tertiary/aromatic N) is 4. The van der Waals surface area contributed by atoms with E-state index in [1.807, 2.05) is 13.8 Å². The number of quaternary nitrogens is 1. The van der Waals surface area contributed by atoms with Gasteiger partial charge < -0.3 is 14.5 Å². The number of anilines is 1. The summed E-state index contributed by atoms with van der Waals surface area (Å²) in [6.45, 7) is 12.1. The van der Waals surface area contributed by atoms with E-state index >= 15 is 0 Å². The van der Waals surface area contributed by atoms with Crippen molar-refractivity contribution >= 4 is 28.9 Å². The zero-order valence-corrected chi connectivity index (χ0v) is 20.7. The highest BCUT2D eigenvalue weighted by Gasteiger charge is 2.28. The van der Waals surface area contributed by atoms with E-state index in [9.17, 15) is 40.2 Å². The molecule has 1 aromatic heterocycles. The summed E-state index contributed by atoms with van der Waals surface area (Å²) in [6, 6.07) is 0.750. The van der Waals surface area contributed by atoms with Gasteiger partial charge >= 0.3 is 0 Å². The highest BCUT2D eigenvalue weighted by Crippen LogP contribution is 2.36. The Balaban J connectivity index is 0.000000369. The van der Waals surface area contributed by atoms with Gasteiger partial charge in [-0.15, -0.1) is 0 Å². The van der Waals surface area contributed by atoms with Crippen molar-refractivity contribution in [1.82, 2.24) is 5.16 Å². The second-order valence-electron chi connectivity index (χ2n) is 7.86. The first-order valence-electron chi connectivity index (χ1n) is 11.3. The van der Waals surface area contributed by atoms with Crippen molar-refractivity contribution in [3.63, 3.8) is 0 Å². The smallest absolute Gasteiger partial charge is 0.285 e. The zero-order chi connectivity index (χ0) is 27.6. The van der Waals surface area contributed by atoms with Crippen molar-refractivity contribution in [2.24, 2.45) is 0 Å². The number of benzene rings is 1. The first-order chi connectivity index (χ1) is 16.9. The lowest BCUT2D eigenvalue weighted by Crippen LogP contribution is -3.16. The Bertz CT molecular complexity index is 1060. The Kier molecular flexibility index (Phi) is 11.4. The second-order valence-corrected chi connectivity index (χ2v) is 7.86. The third-order valence-electron chi connectivity index (χ3n) is 5.60. The molecule has 0 aliphatic heterocycles. The minimum absolute atomic E-state index is 0.0187. The van der Waals surface area contributed by atoms with E-state index in [4.69, 9.17) is 4.52 Å². The van der Waals surface area contributed by atoms with Gasteiger partial charge in [0, 0.05) is 12.0 Å².